The van der Waals surface area contributed by atoms with Gasteiger partial charge >= 0.3 is 0 Å². The molecule has 4 rings (SSSR count). The smallest absolute Gasteiger partial charge is 0.256 e. The largest absolute Gasteiger partial charge is 0.492 e. The van der Waals surface area contributed by atoms with Crippen molar-refractivity contribution in [2.45, 2.75) is 24.7 Å². The van der Waals surface area contributed by atoms with Gasteiger partial charge in [0.2, 0.25) is 10.0 Å². The summed E-state index contributed by atoms with van der Waals surface area (Å²) in [6.07, 6.45) is 1.63. The zero-order valence-corrected chi connectivity index (χ0v) is 18.8. The van der Waals surface area contributed by atoms with Gasteiger partial charge in [-0.2, -0.15) is 4.31 Å². The molecule has 0 unspecified atom stereocenters. The SMILES string of the molecule is CCOc1ccc(NC(=O)c2cc(=O)n(C)c3ccccc23)cc1S(=O)(=O)N1CCCC1. The predicted molar refractivity (Wildman–Crippen MR) is 123 cm³/mol. The Morgan fingerprint density at radius 3 is 2.53 bits per heavy atom. The molecule has 0 spiro atoms. The number of pyridine rings is 1. The molecule has 168 valence electrons. The molecule has 1 saturated heterocycles. The first-order valence-corrected chi connectivity index (χ1v) is 11.9. The Balaban J connectivity index is 1.73. The number of carbonyl (C=O) groups is 1. The van der Waals surface area contributed by atoms with Crippen LogP contribution in [0.25, 0.3) is 10.9 Å². The first-order valence-electron chi connectivity index (χ1n) is 10.5. The van der Waals surface area contributed by atoms with Gasteiger partial charge in [-0.25, -0.2) is 8.42 Å². The highest BCUT2D eigenvalue weighted by molar-refractivity contribution is 7.89. The summed E-state index contributed by atoms with van der Waals surface area (Å²) in [7, 11) is -2.11. The summed E-state index contributed by atoms with van der Waals surface area (Å²) in [5.41, 5.74) is 0.856. The molecular formula is C23H25N3O5S. The van der Waals surface area contributed by atoms with Crippen molar-refractivity contribution in [3.63, 3.8) is 0 Å². The summed E-state index contributed by atoms with van der Waals surface area (Å²) in [5, 5.41) is 3.37. The van der Waals surface area contributed by atoms with E-state index in [1.54, 1.807) is 50.4 Å². The van der Waals surface area contributed by atoms with Crippen molar-refractivity contribution in [3.8, 4) is 5.75 Å². The summed E-state index contributed by atoms with van der Waals surface area (Å²) in [5.74, 6) is -0.246. The second-order valence-corrected chi connectivity index (χ2v) is 9.54. The Morgan fingerprint density at radius 1 is 1.09 bits per heavy atom. The molecule has 1 N–H and O–H groups in total. The molecule has 0 atom stereocenters. The molecule has 0 radical (unpaired) electrons. The number of aryl methyl sites for hydroxylation is 1. The summed E-state index contributed by atoms with van der Waals surface area (Å²) < 4.78 is 34.8. The summed E-state index contributed by atoms with van der Waals surface area (Å²) >= 11 is 0. The van der Waals surface area contributed by atoms with Gasteiger partial charge in [-0.1, -0.05) is 18.2 Å². The third kappa shape index (κ3) is 4.01. The van der Waals surface area contributed by atoms with Gasteiger partial charge in [-0.15, -0.1) is 0 Å². The van der Waals surface area contributed by atoms with E-state index in [1.807, 2.05) is 0 Å². The Labute approximate surface area is 186 Å². The van der Waals surface area contributed by atoms with Crippen LogP contribution in [0.3, 0.4) is 0 Å². The van der Waals surface area contributed by atoms with Gasteiger partial charge in [-0.3, -0.25) is 9.59 Å². The van der Waals surface area contributed by atoms with Crippen LogP contribution in [0.15, 0.2) is 58.2 Å². The van der Waals surface area contributed by atoms with Crippen molar-refractivity contribution < 1.29 is 17.9 Å². The molecule has 0 saturated carbocycles. The number of hydrogen-bond donors (Lipinski definition) is 1. The highest BCUT2D eigenvalue weighted by atomic mass is 32.2. The number of amides is 1. The van der Waals surface area contributed by atoms with Gasteiger partial charge in [0.1, 0.15) is 10.6 Å². The standard InChI is InChI=1S/C23H25N3O5S/c1-3-31-20-11-10-16(14-21(20)32(29,30)26-12-6-7-13-26)24-23(28)18-15-22(27)25(2)19-9-5-4-8-17(18)19/h4-5,8-11,14-15H,3,6-7,12-13H2,1-2H3,(H,24,28). The number of fused-ring (bicyclic) bond motifs is 1. The monoisotopic (exact) mass is 455 g/mol. The molecule has 1 aromatic heterocycles. The molecule has 32 heavy (non-hydrogen) atoms. The molecule has 9 heteroatoms. The van der Waals surface area contributed by atoms with Crippen molar-refractivity contribution in [2.24, 2.45) is 7.05 Å². The maximum atomic E-state index is 13.2. The Morgan fingerprint density at radius 2 is 1.81 bits per heavy atom. The number of sulfonamides is 1. The molecule has 2 aromatic carbocycles. The number of carbonyl (C=O) groups excluding carboxylic acids is 1. The average Bonchev–Trinajstić information content (AvgIpc) is 3.33. The van der Waals surface area contributed by atoms with Crippen molar-refractivity contribution in [2.75, 3.05) is 25.0 Å². The average molecular weight is 456 g/mol. The van der Waals surface area contributed by atoms with Gasteiger partial charge in [-0.05, 0) is 44.0 Å². The van der Waals surface area contributed by atoms with Gasteiger partial charge in [0.25, 0.3) is 11.5 Å². The van der Waals surface area contributed by atoms with E-state index in [0.717, 1.165) is 12.8 Å². The van der Waals surface area contributed by atoms with Gasteiger partial charge in [0, 0.05) is 37.3 Å². The zero-order chi connectivity index (χ0) is 22.9. The normalized spacial score (nSPS) is 14.6. The first kappa shape index (κ1) is 22.0. The van der Waals surface area contributed by atoms with E-state index in [0.29, 0.717) is 36.3 Å². The van der Waals surface area contributed by atoms with E-state index in [9.17, 15) is 18.0 Å². The van der Waals surface area contributed by atoms with Crippen LogP contribution in [0.2, 0.25) is 0 Å². The molecule has 0 bridgehead atoms. The molecule has 3 aromatic rings. The number of aromatic nitrogens is 1. The van der Waals surface area contributed by atoms with E-state index in [2.05, 4.69) is 5.32 Å². The fourth-order valence-electron chi connectivity index (χ4n) is 3.93. The molecule has 1 aliphatic heterocycles. The molecular weight excluding hydrogens is 430 g/mol. The van der Waals surface area contributed by atoms with Crippen LogP contribution in [0, 0.1) is 0 Å². The van der Waals surface area contributed by atoms with Crippen molar-refractivity contribution in [1.82, 2.24) is 8.87 Å². The molecule has 2 heterocycles. The van der Waals surface area contributed by atoms with Crippen LogP contribution in [0.4, 0.5) is 5.69 Å². The number of benzene rings is 2. The van der Waals surface area contributed by atoms with Crippen molar-refractivity contribution >= 4 is 32.5 Å². The van der Waals surface area contributed by atoms with E-state index in [1.165, 1.54) is 21.0 Å². The van der Waals surface area contributed by atoms with Crippen LogP contribution < -0.4 is 15.6 Å². The van der Waals surface area contributed by atoms with Crippen molar-refractivity contribution in [3.05, 3.63) is 64.4 Å². The van der Waals surface area contributed by atoms with E-state index < -0.39 is 15.9 Å². The predicted octanol–water partition coefficient (Wildman–Crippen LogP) is 2.97. The second kappa shape index (κ2) is 8.76. The summed E-state index contributed by atoms with van der Waals surface area (Å²) in [4.78, 5) is 25.4. The van der Waals surface area contributed by atoms with Gasteiger partial charge in [0.15, 0.2) is 0 Å². The Kier molecular flexibility index (Phi) is 6.03. The lowest BCUT2D eigenvalue weighted by molar-refractivity contribution is 0.102. The quantitative estimate of drug-likeness (QED) is 0.616. The third-order valence-electron chi connectivity index (χ3n) is 5.58. The summed E-state index contributed by atoms with van der Waals surface area (Å²) in [6.45, 7) is 3.02. The van der Waals surface area contributed by atoms with Crippen molar-refractivity contribution in [1.29, 1.82) is 0 Å². The number of ether oxygens (including phenoxy) is 1. The van der Waals surface area contributed by atoms with Gasteiger partial charge in [0.05, 0.1) is 17.7 Å². The minimum atomic E-state index is -3.76. The summed E-state index contributed by atoms with van der Waals surface area (Å²) in [6, 6.07) is 13.0. The van der Waals surface area contributed by atoms with Crippen LogP contribution in [0.5, 0.6) is 5.75 Å². The third-order valence-corrected chi connectivity index (χ3v) is 7.50. The number of hydrogen-bond acceptors (Lipinski definition) is 5. The highest BCUT2D eigenvalue weighted by Crippen LogP contribution is 2.32. The van der Waals surface area contributed by atoms with Crippen LogP contribution in [-0.4, -0.2) is 42.9 Å². The lowest BCUT2D eigenvalue weighted by atomic mass is 10.1. The minimum Gasteiger partial charge on any atom is -0.492 e. The molecule has 0 aliphatic carbocycles. The molecule has 1 amide bonds. The van der Waals surface area contributed by atoms with E-state index in [-0.39, 0.29) is 21.8 Å². The van der Waals surface area contributed by atoms with E-state index >= 15 is 0 Å². The molecule has 8 nitrogen and oxygen atoms in total. The number of para-hydroxylation sites is 1. The van der Waals surface area contributed by atoms with Crippen LogP contribution in [-0.2, 0) is 17.1 Å². The lowest BCUT2D eigenvalue weighted by Crippen LogP contribution is -2.28. The van der Waals surface area contributed by atoms with E-state index in [4.69, 9.17) is 4.74 Å². The lowest BCUT2D eigenvalue weighted by Gasteiger charge is -2.19. The zero-order valence-electron chi connectivity index (χ0n) is 18.0. The minimum absolute atomic E-state index is 0.0212. The molecule has 1 fully saturated rings. The van der Waals surface area contributed by atoms with Crippen LogP contribution >= 0.6 is 0 Å². The Hall–Kier alpha value is -3.17. The highest BCUT2D eigenvalue weighted by Gasteiger charge is 2.30. The maximum Gasteiger partial charge on any atom is 0.256 e. The number of anilines is 1. The number of nitrogens with one attached hydrogen (secondary N) is 1. The number of rotatable bonds is 6. The maximum absolute atomic E-state index is 13.2. The fourth-order valence-corrected chi connectivity index (χ4v) is 5.60. The Bertz CT molecular complexity index is 1340. The molecule has 1 aliphatic rings. The second-order valence-electron chi connectivity index (χ2n) is 7.63. The van der Waals surface area contributed by atoms with Crippen LogP contribution in [0.1, 0.15) is 30.1 Å². The fraction of sp³-hybridized carbons (Fsp3) is 0.304. The van der Waals surface area contributed by atoms with Gasteiger partial charge < -0.3 is 14.6 Å². The first-order chi connectivity index (χ1) is 15.3. The number of nitrogens with zero attached hydrogens (tertiary/aromatic N) is 2. The topological polar surface area (TPSA) is 97.7 Å².